The molecule has 1 aliphatic rings. The van der Waals surface area contributed by atoms with Crippen LogP contribution in [-0.2, 0) is 5.41 Å². The third-order valence-electron chi connectivity index (χ3n) is 5.83. The van der Waals surface area contributed by atoms with Gasteiger partial charge in [0.1, 0.15) is 17.3 Å². The zero-order valence-corrected chi connectivity index (χ0v) is 20.8. The Morgan fingerprint density at radius 2 is 1.69 bits per heavy atom. The molecule has 36 heavy (non-hydrogen) atoms. The summed E-state index contributed by atoms with van der Waals surface area (Å²) in [4.78, 5) is 30.1. The molecule has 10 heteroatoms. The number of hydrogen-bond acceptors (Lipinski definition) is 6. The Morgan fingerprint density at radius 1 is 0.972 bits per heavy atom. The summed E-state index contributed by atoms with van der Waals surface area (Å²) >= 11 is 1.49. The lowest BCUT2D eigenvalue weighted by atomic mass is 9.98. The molecule has 0 saturated carbocycles. The van der Waals surface area contributed by atoms with Crippen LogP contribution in [0.2, 0.25) is 0 Å². The first-order chi connectivity index (χ1) is 17.1. The molecule has 0 radical (unpaired) electrons. The normalized spacial score (nSPS) is 14.1. The number of halogens is 2. The van der Waals surface area contributed by atoms with Crippen molar-refractivity contribution >= 4 is 34.7 Å². The van der Waals surface area contributed by atoms with Crippen LogP contribution in [0.3, 0.4) is 0 Å². The SMILES string of the molecule is CC(C)(C)c1nc(-c2ccnc(N)n2)c(-c2ccc(F)c(N3CCN(c4ccc(F)cc4)C3=O)c2)s1. The Kier molecular flexibility index (Phi) is 5.91. The lowest BCUT2D eigenvalue weighted by molar-refractivity contribution is 0.255. The number of benzene rings is 2. The number of anilines is 3. The predicted molar refractivity (Wildman–Crippen MR) is 138 cm³/mol. The van der Waals surface area contributed by atoms with E-state index in [0.29, 0.717) is 35.7 Å². The van der Waals surface area contributed by atoms with Crippen molar-refractivity contribution in [3.8, 4) is 21.8 Å². The van der Waals surface area contributed by atoms with Gasteiger partial charge in [-0.2, -0.15) is 0 Å². The number of hydrogen-bond donors (Lipinski definition) is 1. The first-order valence-electron chi connectivity index (χ1n) is 11.4. The topological polar surface area (TPSA) is 88.2 Å². The van der Waals surface area contributed by atoms with Gasteiger partial charge in [0.15, 0.2) is 0 Å². The van der Waals surface area contributed by atoms with Gasteiger partial charge in [0.05, 0.1) is 21.3 Å². The summed E-state index contributed by atoms with van der Waals surface area (Å²) in [5.74, 6) is -0.769. The van der Waals surface area contributed by atoms with Gasteiger partial charge in [-0.05, 0) is 48.0 Å². The third kappa shape index (κ3) is 4.39. The number of thiazole rings is 1. The molecule has 1 aliphatic heterocycles. The molecule has 0 atom stereocenters. The average molecular weight is 507 g/mol. The Balaban J connectivity index is 1.56. The van der Waals surface area contributed by atoms with Gasteiger partial charge in [0, 0.05) is 30.4 Å². The smallest absolute Gasteiger partial charge is 0.329 e. The number of rotatable bonds is 4. The van der Waals surface area contributed by atoms with Crippen molar-refractivity contribution in [1.29, 1.82) is 0 Å². The highest BCUT2D eigenvalue weighted by Gasteiger charge is 2.33. The number of carbonyl (C=O) groups excluding carboxylic acids is 1. The largest absolute Gasteiger partial charge is 0.368 e. The maximum absolute atomic E-state index is 15.1. The summed E-state index contributed by atoms with van der Waals surface area (Å²) in [6, 6.07) is 11.7. The molecule has 2 amide bonds. The summed E-state index contributed by atoms with van der Waals surface area (Å²) in [5, 5.41) is 0.885. The second-order valence-corrected chi connectivity index (χ2v) is 10.5. The van der Waals surface area contributed by atoms with E-state index in [2.05, 4.69) is 30.7 Å². The van der Waals surface area contributed by atoms with Crippen LogP contribution < -0.4 is 15.5 Å². The maximum atomic E-state index is 15.1. The molecule has 0 spiro atoms. The van der Waals surface area contributed by atoms with E-state index < -0.39 is 5.82 Å². The molecule has 5 rings (SSSR count). The summed E-state index contributed by atoms with van der Waals surface area (Å²) in [7, 11) is 0. The van der Waals surface area contributed by atoms with Gasteiger partial charge in [0.2, 0.25) is 5.95 Å². The van der Waals surface area contributed by atoms with Gasteiger partial charge in [-0.25, -0.2) is 28.5 Å². The average Bonchev–Trinajstić information content (AvgIpc) is 3.45. The van der Waals surface area contributed by atoms with E-state index in [1.165, 1.54) is 51.5 Å². The molecule has 3 heterocycles. The number of nitrogen functional groups attached to an aromatic ring is 1. The number of amides is 2. The first-order valence-corrected chi connectivity index (χ1v) is 12.2. The van der Waals surface area contributed by atoms with E-state index in [4.69, 9.17) is 10.7 Å². The maximum Gasteiger partial charge on any atom is 0.329 e. The first kappa shape index (κ1) is 23.8. The van der Waals surface area contributed by atoms with E-state index in [-0.39, 0.29) is 28.9 Å². The van der Waals surface area contributed by atoms with Gasteiger partial charge in [0.25, 0.3) is 0 Å². The van der Waals surface area contributed by atoms with Gasteiger partial charge in [-0.1, -0.05) is 26.8 Å². The Bertz CT molecular complexity index is 1450. The number of nitrogens with two attached hydrogens (primary N) is 1. The van der Waals surface area contributed by atoms with Crippen LogP contribution >= 0.6 is 11.3 Å². The van der Waals surface area contributed by atoms with Gasteiger partial charge in [-0.3, -0.25) is 9.80 Å². The molecule has 1 saturated heterocycles. The van der Waals surface area contributed by atoms with Crippen LogP contribution in [0.4, 0.5) is 30.9 Å². The molecular weight excluding hydrogens is 482 g/mol. The van der Waals surface area contributed by atoms with Crippen molar-refractivity contribution in [2.24, 2.45) is 0 Å². The van der Waals surface area contributed by atoms with Gasteiger partial charge < -0.3 is 5.73 Å². The lowest BCUT2D eigenvalue weighted by Gasteiger charge is -2.20. The van der Waals surface area contributed by atoms with Crippen molar-refractivity contribution in [3.05, 3.63) is 71.4 Å². The highest BCUT2D eigenvalue weighted by atomic mass is 32.1. The van der Waals surface area contributed by atoms with Crippen LogP contribution in [0.15, 0.2) is 54.7 Å². The van der Waals surface area contributed by atoms with Crippen molar-refractivity contribution in [2.45, 2.75) is 26.2 Å². The van der Waals surface area contributed by atoms with Crippen molar-refractivity contribution in [3.63, 3.8) is 0 Å². The van der Waals surface area contributed by atoms with E-state index >= 15 is 4.39 Å². The van der Waals surface area contributed by atoms with Crippen molar-refractivity contribution < 1.29 is 13.6 Å². The van der Waals surface area contributed by atoms with E-state index in [0.717, 1.165) is 9.88 Å². The second-order valence-electron chi connectivity index (χ2n) is 9.48. The fraction of sp³-hybridized carbons (Fsp3) is 0.231. The highest BCUT2D eigenvalue weighted by Crippen LogP contribution is 2.42. The fourth-order valence-electron chi connectivity index (χ4n) is 4.00. The Morgan fingerprint density at radius 3 is 2.39 bits per heavy atom. The fourth-order valence-corrected chi connectivity index (χ4v) is 5.13. The minimum Gasteiger partial charge on any atom is -0.368 e. The molecule has 1 fully saturated rings. The zero-order valence-electron chi connectivity index (χ0n) is 20.0. The van der Waals surface area contributed by atoms with Crippen molar-refractivity contribution in [2.75, 3.05) is 28.6 Å². The summed E-state index contributed by atoms with van der Waals surface area (Å²) < 4.78 is 28.4. The molecule has 0 aliphatic carbocycles. The monoisotopic (exact) mass is 506 g/mol. The zero-order chi connectivity index (χ0) is 25.6. The van der Waals surface area contributed by atoms with Gasteiger partial charge in [-0.15, -0.1) is 11.3 Å². The third-order valence-corrected chi connectivity index (χ3v) is 7.36. The quantitative estimate of drug-likeness (QED) is 0.374. The summed E-state index contributed by atoms with van der Waals surface area (Å²) in [6.45, 7) is 6.85. The van der Waals surface area contributed by atoms with E-state index in [1.54, 1.807) is 24.4 Å². The molecule has 184 valence electrons. The lowest BCUT2D eigenvalue weighted by Crippen LogP contribution is -2.32. The minimum atomic E-state index is -0.513. The van der Waals surface area contributed by atoms with E-state index in [9.17, 15) is 9.18 Å². The minimum absolute atomic E-state index is 0.132. The Labute approximate surface area is 211 Å². The van der Waals surface area contributed by atoms with Crippen LogP contribution in [0, 0.1) is 11.6 Å². The van der Waals surface area contributed by atoms with Gasteiger partial charge >= 0.3 is 6.03 Å². The molecule has 4 aromatic rings. The molecule has 0 bridgehead atoms. The second kappa shape index (κ2) is 8.94. The molecule has 7 nitrogen and oxygen atoms in total. The van der Waals surface area contributed by atoms with Crippen LogP contribution in [0.5, 0.6) is 0 Å². The molecule has 0 unspecified atom stereocenters. The number of urea groups is 1. The number of aromatic nitrogens is 3. The molecule has 2 aromatic carbocycles. The molecule has 2 aromatic heterocycles. The summed E-state index contributed by atoms with van der Waals surface area (Å²) in [5.41, 5.74) is 8.22. The van der Waals surface area contributed by atoms with Crippen LogP contribution in [0.25, 0.3) is 21.8 Å². The van der Waals surface area contributed by atoms with Crippen LogP contribution in [-0.4, -0.2) is 34.1 Å². The molecular formula is C26H24F2N6OS. The predicted octanol–water partition coefficient (Wildman–Crippen LogP) is 5.87. The van der Waals surface area contributed by atoms with E-state index in [1.807, 2.05) is 0 Å². The number of carbonyl (C=O) groups is 1. The Hall–Kier alpha value is -3.92. The summed E-state index contributed by atoms with van der Waals surface area (Å²) in [6.07, 6.45) is 1.57. The van der Waals surface area contributed by atoms with Crippen molar-refractivity contribution in [1.82, 2.24) is 15.0 Å². The molecule has 2 N–H and O–H groups in total. The highest BCUT2D eigenvalue weighted by molar-refractivity contribution is 7.15. The van der Waals surface area contributed by atoms with Crippen LogP contribution in [0.1, 0.15) is 25.8 Å². The number of nitrogens with zero attached hydrogens (tertiary/aromatic N) is 5. The standard InChI is InChI=1S/C26H24F2N6OS/c1-26(2,3)23-32-21(19-10-11-30-24(29)31-19)22(36-23)15-4-9-18(28)20(14-15)34-13-12-33(25(34)35)17-7-5-16(27)6-8-17/h4-11,14H,12-13H2,1-3H3,(H2,29,30,31).